The maximum atomic E-state index is 16.2. The van der Waals surface area contributed by atoms with Crippen molar-refractivity contribution >= 4 is 42.8 Å². The normalized spacial score (nSPS) is 27.0. The lowest BCUT2D eigenvalue weighted by Crippen LogP contribution is -2.55. The fourth-order valence-corrected chi connectivity index (χ4v) is 11.9. The summed E-state index contributed by atoms with van der Waals surface area (Å²) in [5, 5.41) is 3.98. The molecule has 246 valence electrons. The highest BCUT2D eigenvalue weighted by molar-refractivity contribution is 7.92. The van der Waals surface area contributed by atoms with Gasteiger partial charge in [0, 0.05) is 23.2 Å². The van der Waals surface area contributed by atoms with E-state index >= 15 is 4.39 Å². The molecule has 1 saturated heterocycles. The Balaban J connectivity index is 1.16. The molecule has 3 atom stereocenters. The second-order valence-electron chi connectivity index (χ2n) is 12.7. The van der Waals surface area contributed by atoms with Gasteiger partial charge < -0.3 is 5.32 Å². The fourth-order valence-electron chi connectivity index (χ4n) is 7.11. The van der Waals surface area contributed by atoms with Crippen molar-refractivity contribution in [1.82, 2.24) is 15.0 Å². The molecule has 3 heterocycles. The number of halogens is 5. The number of nitrogens with one attached hydrogen (secondary N) is 2. The van der Waals surface area contributed by atoms with Crippen LogP contribution in [-0.4, -0.2) is 49.3 Å². The Labute approximate surface area is 269 Å². The van der Waals surface area contributed by atoms with Crippen molar-refractivity contribution in [3.8, 4) is 21.8 Å². The van der Waals surface area contributed by atoms with Gasteiger partial charge in [-0.15, -0.1) is 11.3 Å². The predicted octanol–water partition coefficient (Wildman–Crippen LogP) is 5.87. The molecule has 2 aromatic heterocycles. The predicted molar refractivity (Wildman–Crippen MR) is 163 cm³/mol. The Morgan fingerprint density at radius 1 is 0.957 bits per heavy atom. The Bertz CT molecular complexity index is 2160. The summed E-state index contributed by atoms with van der Waals surface area (Å²) in [6.45, 7) is 0. The van der Waals surface area contributed by atoms with Crippen molar-refractivity contribution in [2.45, 2.75) is 41.8 Å². The monoisotopic (exact) mass is 709 g/mol. The van der Waals surface area contributed by atoms with E-state index in [2.05, 4.69) is 15.3 Å². The Hall–Kier alpha value is -3.70. The zero-order chi connectivity index (χ0) is 33.1. The van der Waals surface area contributed by atoms with Gasteiger partial charge in [-0.2, -0.15) is 13.2 Å². The van der Waals surface area contributed by atoms with E-state index in [1.54, 1.807) is 6.07 Å². The number of hydrogen-bond acceptors (Lipinski definition) is 9. The van der Waals surface area contributed by atoms with Crippen LogP contribution in [-0.2, 0) is 31.5 Å². The van der Waals surface area contributed by atoms with E-state index in [4.69, 9.17) is 4.98 Å². The molecule has 1 aliphatic heterocycles. The molecule has 0 spiro atoms. The molecule has 9 rings (SSSR count). The van der Waals surface area contributed by atoms with E-state index in [1.165, 1.54) is 29.7 Å². The number of hydrogen-bond donors (Lipinski definition) is 2. The van der Waals surface area contributed by atoms with Crippen LogP contribution in [0.2, 0.25) is 0 Å². The lowest BCUT2D eigenvalue weighted by molar-refractivity contribution is -0.140. The molecular formula is C30H24F5N5O4S3. The smallest absolute Gasteiger partial charge is 0.351 e. The van der Waals surface area contributed by atoms with Crippen LogP contribution < -0.4 is 10.0 Å². The maximum absolute atomic E-state index is 16.2. The fraction of sp³-hybridized carbons (Fsp3) is 0.367. The highest BCUT2D eigenvalue weighted by atomic mass is 32.2. The topological polar surface area (TPSA) is 131 Å². The first-order valence-electron chi connectivity index (χ1n) is 14.6. The highest BCUT2D eigenvalue weighted by Gasteiger charge is 2.60. The van der Waals surface area contributed by atoms with Gasteiger partial charge in [0.05, 0.1) is 39.0 Å². The SMILES string of the molecule is O=S1(=O)C[C@@H]2C(Nc3nccc(-c4sc(C56CC(C5)C6)nc4-c4cccc(NS(=O)(=O)c5c(F)cccc5C(F)(F)F)c4F)n3)[C@@H]2C1. The molecule has 4 aliphatic carbocycles. The van der Waals surface area contributed by atoms with E-state index in [9.17, 15) is 34.4 Å². The van der Waals surface area contributed by atoms with Crippen molar-refractivity contribution in [1.29, 1.82) is 0 Å². The standard InChI is InChI=1S/C30H24F5N5O4S3/c31-19-5-2-4-18(30(33,34)35)26(19)47(43,44)40-20-6-1-3-15(22(20)32)24-25(45-27(38-24)29-9-14(10-29)11-29)21-7-8-36-28(37-21)39-23-16-12-46(41,42)13-17(16)23/h1-8,14,16-17,23,40H,9-13H2,(H,36,37,39)/t14?,16-,17+,23?,29?. The number of benzene rings is 2. The lowest BCUT2D eigenvalue weighted by Gasteiger charge is -2.60. The molecular weight excluding hydrogens is 686 g/mol. The first kappa shape index (κ1) is 30.6. The summed E-state index contributed by atoms with van der Waals surface area (Å²) < 4.78 is 123. The van der Waals surface area contributed by atoms with Crippen LogP contribution in [0.25, 0.3) is 21.8 Å². The van der Waals surface area contributed by atoms with Gasteiger partial charge in [-0.25, -0.2) is 40.6 Å². The third kappa shape index (κ3) is 5.08. The molecule has 0 amide bonds. The average Bonchev–Trinajstić information content (AvgIpc) is 3.25. The molecule has 47 heavy (non-hydrogen) atoms. The molecule has 4 saturated carbocycles. The minimum atomic E-state index is -5.24. The van der Waals surface area contributed by atoms with E-state index < -0.39 is 53.8 Å². The van der Waals surface area contributed by atoms with Gasteiger partial charge in [-0.1, -0.05) is 12.1 Å². The summed E-state index contributed by atoms with van der Waals surface area (Å²) in [6.07, 6.45) is -0.861. The van der Waals surface area contributed by atoms with Crippen LogP contribution in [0.3, 0.4) is 0 Å². The van der Waals surface area contributed by atoms with Gasteiger partial charge in [0.2, 0.25) is 5.95 Å². The number of rotatable bonds is 8. The van der Waals surface area contributed by atoms with Gasteiger partial charge in [-0.3, -0.25) is 4.72 Å². The van der Waals surface area contributed by atoms with E-state index in [0.717, 1.165) is 36.4 Å². The third-order valence-corrected chi connectivity index (χ3v) is 14.1. The molecule has 9 nitrogen and oxygen atoms in total. The first-order chi connectivity index (χ1) is 22.1. The molecule has 2 N–H and O–H groups in total. The van der Waals surface area contributed by atoms with Crippen LogP contribution in [0.4, 0.5) is 33.6 Å². The molecule has 17 heteroatoms. The summed E-state index contributed by atoms with van der Waals surface area (Å²) in [7, 11) is -8.29. The van der Waals surface area contributed by atoms with Crippen molar-refractivity contribution < 1.29 is 38.8 Å². The van der Waals surface area contributed by atoms with Gasteiger partial charge in [0.15, 0.2) is 15.7 Å². The third-order valence-electron chi connectivity index (χ3n) is 9.57. The summed E-state index contributed by atoms with van der Waals surface area (Å²) in [5.74, 6) is -1.70. The summed E-state index contributed by atoms with van der Waals surface area (Å²) in [5.41, 5.74) is -2.12. The number of fused-ring (bicyclic) bond motifs is 1. The van der Waals surface area contributed by atoms with Gasteiger partial charge in [0.25, 0.3) is 10.0 Å². The lowest BCUT2D eigenvalue weighted by atomic mass is 9.45. The van der Waals surface area contributed by atoms with E-state index in [-0.39, 0.29) is 52.0 Å². The zero-order valence-electron chi connectivity index (χ0n) is 24.1. The van der Waals surface area contributed by atoms with Gasteiger partial charge in [0.1, 0.15) is 15.7 Å². The number of sulfonamides is 1. The number of nitrogens with zero attached hydrogens (tertiary/aromatic N) is 3. The maximum Gasteiger partial charge on any atom is 0.417 e. The number of aromatic nitrogens is 3. The number of anilines is 2. The Kier molecular flexibility index (Phi) is 6.61. The molecule has 4 aromatic rings. The second-order valence-corrected chi connectivity index (χ2v) is 17.5. The molecule has 0 radical (unpaired) electrons. The van der Waals surface area contributed by atoms with Gasteiger partial charge in [-0.05, 0) is 67.3 Å². The second kappa shape index (κ2) is 10.2. The molecule has 5 fully saturated rings. The zero-order valence-corrected chi connectivity index (χ0v) is 26.5. The summed E-state index contributed by atoms with van der Waals surface area (Å²) in [6, 6.07) is 6.99. The number of alkyl halides is 3. The molecule has 1 unspecified atom stereocenters. The Morgan fingerprint density at radius 3 is 2.32 bits per heavy atom. The highest BCUT2D eigenvalue weighted by Crippen LogP contribution is 2.66. The quantitative estimate of drug-likeness (QED) is 0.217. The number of sulfone groups is 1. The molecule has 2 bridgehead atoms. The van der Waals surface area contributed by atoms with E-state index in [0.29, 0.717) is 28.6 Å². The minimum Gasteiger partial charge on any atom is -0.351 e. The summed E-state index contributed by atoms with van der Waals surface area (Å²) in [4.78, 5) is 12.6. The largest absolute Gasteiger partial charge is 0.417 e. The van der Waals surface area contributed by atoms with Crippen LogP contribution >= 0.6 is 11.3 Å². The van der Waals surface area contributed by atoms with Crippen LogP contribution in [0.5, 0.6) is 0 Å². The summed E-state index contributed by atoms with van der Waals surface area (Å²) >= 11 is 1.33. The average molecular weight is 710 g/mol. The number of thiazole rings is 1. The molecule has 2 aromatic carbocycles. The molecule has 5 aliphatic rings. The van der Waals surface area contributed by atoms with Gasteiger partial charge >= 0.3 is 6.18 Å². The Morgan fingerprint density at radius 2 is 1.66 bits per heavy atom. The first-order valence-corrected chi connectivity index (χ1v) is 18.8. The van der Waals surface area contributed by atoms with Crippen molar-refractivity contribution in [3.63, 3.8) is 0 Å². The van der Waals surface area contributed by atoms with E-state index in [1.807, 2.05) is 4.72 Å². The van der Waals surface area contributed by atoms with Crippen molar-refractivity contribution in [2.24, 2.45) is 17.8 Å². The van der Waals surface area contributed by atoms with Crippen molar-refractivity contribution in [3.05, 3.63) is 70.9 Å². The van der Waals surface area contributed by atoms with Crippen molar-refractivity contribution in [2.75, 3.05) is 21.5 Å². The van der Waals surface area contributed by atoms with Crippen LogP contribution in [0, 0.1) is 29.4 Å². The minimum absolute atomic E-state index is 0.0145. The van der Waals surface area contributed by atoms with Crippen LogP contribution in [0.1, 0.15) is 29.8 Å². The van der Waals surface area contributed by atoms with Crippen LogP contribution in [0.15, 0.2) is 53.6 Å².